The molecule has 1 fully saturated rings. The average molecular weight is 193 g/mol. The first-order chi connectivity index (χ1) is 5.69. The van der Waals surface area contributed by atoms with Crippen LogP contribution in [0.4, 0.5) is 0 Å². The summed E-state index contributed by atoms with van der Waals surface area (Å²) in [5.41, 5.74) is 0. The highest BCUT2D eigenvalue weighted by Crippen LogP contribution is 2.28. The van der Waals surface area contributed by atoms with Gasteiger partial charge in [0.1, 0.15) is 6.29 Å². The van der Waals surface area contributed by atoms with Crippen molar-refractivity contribution in [3.05, 3.63) is 0 Å². The third-order valence-corrected chi connectivity index (χ3v) is 2.75. The van der Waals surface area contributed by atoms with E-state index in [4.69, 9.17) is 16.3 Å². The summed E-state index contributed by atoms with van der Waals surface area (Å²) in [7, 11) is 1.52. The molecule has 12 heavy (non-hydrogen) atoms. The van der Waals surface area contributed by atoms with Crippen molar-refractivity contribution in [2.24, 2.45) is 5.92 Å². The number of methoxy groups -OCH3 is 1. The van der Waals surface area contributed by atoms with E-state index >= 15 is 0 Å². The van der Waals surface area contributed by atoms with Crippen LogP contribution in [-0.4, -0.2) is 36.1 Å². The van der Waals surface area contributed by atoms with Gasteiger partial charge < -0.3 is 14.6 Å². The van der Waals surface area contributed by atoms with Gasteiger partial charge in [-0.3, -0.25) is 0 Å². The number of aldehydes is 1. The summed E-state index contributed by atoms with van der Waals surface area (Å²) < 4.78 is 5.01. The molecule has 4 atom stereocenters. The summed E-state index contributed by atoms with van der Waals surface area (Å²) in [5.74, 6) is -0.0687. The minimum Gasteiger partial charge on any atom is -0.389 e. The van der Waals surface area contributed by atoms with Gasteiger partial charge in [-0.1, -0.05) is 0 Å². The third kappa shape index (κ3) is 1.97. The SMILES string of the molecule is COC1CC(C=O)CC(Cl)C1O. The van der Waals surface area contributed by atoms with Crippen LogP contribution in [0.25, 0.3) is 0 Å². The molecule has 3 nitrogen and oxygen atoms in total. The summed E-state index contributed by atoms with van der Waals surface area (Å²) in [6, 6.07) is 0. The highest BCUT2D eigenvalue weighted by Gasteiger charge is 2.35. The fraction of sp³-hybridized carbons (Fsp3) is 0.875. The topological polar surface area (TPSA) is 46.5 Å². The number of halogens is 1. The van der Waals surface area contributed by atoms with Crippen LogP contribution in [0.2, 0.25) is 0 Å². The van der Waals surface area contributed by atoms with Crippen molar-refractivity contribution in [1.29, 1.82) is 0 Å². The van der Waals surface area contributed by atoms with Gasteiger partial charge in [0.25, 0.3) is 0 Å². The molecule has 0 spiro atoms. The first-order valence-electron chi connectivity index (χ1n) is 3.99. The lowest BCUT2D eigenvalue weighted by molar-refractivity contribution is -0.116. The van der Waals surface area contributed by atoms with Gasteiger partial charge in [0, 0.05) is 13.0 Å². The number of aliphatic hydroxyl groups is 1. The molecule has 0 heterocycles. The molecule has 70 valence electrons. The monoisotopic (exact) mass is 192 g/mol. The van der Waals surface area contributed by atoms with Crippen LogP contribution in [0.5, 0.6) is 0 Å². The standard InChI is InChI=1S/C8H13ClO3/c1-12-7-3-5(4-10)2-6(9)8(7)11/h4-8,11H,2-3H2,1H3. The van der Waals surface area contributed by atoms with Crippen molar-refractivity contribution >= 4 is 17.9 Å². The van der Waals surface area contributed by atoms with Crippen molar-refractivity contribution in [2.75, 3.05) is 7.11 Å². The smallest absolute Gasteiger partial charge is 0.123 e. The Morgan fingerprint density at radius 2 is 2.25 bits per heavy atom. The zero-order valence-electron chi connectivity index (χ0n) is 6.94. The molecule has 4 unspecified atom stereocenters. The highest BCUT2D eigenvalue weighted by atomic mass is 35.5. The first kappa shape index (κ1) is 9.96. The number of carbonyl (C=O) groups is 1. The van der Waals surface area contributed by atoms with Gasteiger partial charge in [-0.15, -0.1) is 11.6 Å². The number of alkyl halides is 1. The second-order valence-corrected chi connectivity index (χ2v) is 3.71. The highest BCUT2D eigenvalue weighted by molar-refractivity contribution is 6.21. The van der Waals surface area contributed by atoms with Crippen molar-refractivity contribution in [3.8, 4) is 0 Å². The van der Waals surface area contributed by atoms with Gasteiger partial charge in [-0.25, -0.2) is 0 Å². The number of ether oxygens (including phenoxy) is 1. The molecular weight excluding hydrogens is 180 g/mol. The Morgan fingerprint density at radius 1 is 1.58 bits per heavy atom. The Labute approximate surface area is 76.7 Å². The molecule has 1 N–H and O–H groups in total. The Balaban J connectivity index is 2.57. The van der Waals surface area contributed by atoms with Gasteiger partial charge in [-0.2, -0.15) is 0 Å². The van der Waals surface area contributed by atoms with E-state index in [2.05, 4.69) is 0 Å². The minimum atomic E-state index is -0.645. The Bertz CT molecular complexity index is 162. The summed E-state index contributed by atoms with van der Waals surface area (Å²) >= 11 is 5.83. The maximum atomic E-state index is 10.5. The van der Waals surface area contributed by atoms with E-state index in [1.807, 2.05) is 0 Å². The van der Waals surface area contributed by atoms with E-state index in [1.54, 1.807) is 0 Å². The predicted molar refractivity (Wildman–Crippen MR) is 45.2 cm³/mol. The van der Waals surface area contributed by atoms with Gasteiger partial charge in [0.2, 0.25) is 0 Å². The van der Waals surface area contributed by atoms with Crippen molar-refractivity contribution in [2.45, 2.75) is 30.4 Å². The summed E-state index contributed by atoms with van der Waals surface area (Å²) in [6.45, 7) is 0. The number of aliphatic hydroxyl groups excluding tert-OH is 1. The summed E-state index contributed by atoms with van der Waals surface area (Å²) in [5, 5.41) is 9.12. The van der Waals surface area contributed by atoms with E-state index in [1.165, 1.54) is 7.11 Å². The van der Waals surface area contributed by atoms with Crippen LogP contribution in [0.15, 0.2) is 0 Å². The fourth-order valence-corrected chi connectivity index (χ4v) is 1.93. The minimum absolute atomic E-state index is 0.0687. The second-order valence-electron chi connectivity index (χ2n) is 3.15. The average Bonchev–Trinajstić information content (AvgIpc) is 2.09. The molecule has 4 heteroatoms. The first-order valence-corrected chi connectivity index (χ1v) is 4.43. The maximum absolute atomic E-state index is 10.5. The third-order valence-electron chi connectivity index (χ3n) is 2.31. The molecule has 1 saturated carbocycles. The lowest BCUT2D eigenvalue weighted by atomic mass is 9.86. The molecular formula is C8H13ClO3. The Kier molecular flexibility index (Phi) is 3.50. The quantitative estimate of drug-likeness (QED) is 0.514. The van der Waals surface area contributed by atoms with Crippen LogP contribution in [0, 0.1) is 5.92 Å². The van der Waals surface area contributed by atoms with Crippen LogP contribution in [-0.2, 0) is 9.53 Å². The van der Waals surface area contributed by atoms with Crippen molar-refractivity contribution in [3.63, 3.8) is 0 Å². The molecule has 1 aliphatic rings. The van der Waals surface area contributed by atoms with E-state index in [-0.39, 0.29) is 17.4 Å². The lowest BCUT2D eigenvalue weighted by Crippen LogP contribution is -2.43. The Morgan fingerprint density at radius 3 is 2.75 bits per heavy atom. The van der Waals surface area contributed by atoms with Crippen molar-refractivity contribution < 1.29 is 14.6 Å². The number of hydrogen-bond acceptors (Lipinski definition) is 3. The normalized spacial score (nSPS) is 42.6. The van der Waals surface area contributed by atoms with Gasteiger partial charge in [-0.05, 0) is 12.8 Å². The maximum Gasteiger partial charge on any atom is 0.123 e. The zero-order valence-corrected chi connectivity index (χ0v) is 7.70. The van der Waals surface area contributed by atoms with Crippen LogP contribution < -0.4 is 0 Å². The fourth-order valence-electron chi connectivity index (χ4n) is 1.54. The van der Waals surface area contributed by atoms with E-state index < -0.39 is 6.10 Å². The van der Waals surface area contributed by atoms with Crippen LogP contribution >= 0.6 is 11.6 Å². The summed E-state index contributed by atoms with van der Waals surface area (Å²) in [6.07, 6.45) is 1.06. The van der Waals surface area contributed by atoms with E-state index in [9.17, 15) is 9.90 Å². The molecule has 0 aromatic rings. The number of hydrogen-bond donors (Lipinski definition) is 1. The second kappa shape index (κ2) is 4.21. The van der Waals surface area contributed by atoms with Crippen molar-refractivity contribution in [1.82, 2.24) is 0 Å². The number of carbonyl (C=O) groups excluding carboxylic acids is 1. The van der Waals surface area contributed by atoms with Crippen LogP contribution in [0.3, 0.4) is 0 Å². The van der Waals surface area contributed by atoms with E-state index in [0.717, 1.165) is 6.29 Å². The van der Waals surface area contributed by atoms with E-state index in [0.29, 0.717) is 12.8 Å². The molecule has 0 aliphatic heterocycles. The molecule has 1 aliphatic carbocycles. The van der Waals surface area contributed by atoms with Gasteiger partial charge in [0.15, 0.2) is 0 Å². The molecule has 0 bridgehead atoms. The molecule has 0 amide bonds. The molecule has 0 aromatic carbocycles. The molecule has 0 radical (unpaired) electrons. The van der Waals surface area contributed by atoms with Crippen LogP contribution in [0.1, 0.15) is 12.8 Å². The largest absolute Gasteiger partial charge is 0.389 e. The number of rotatable bonds is 2. The Hall–Kier alpha value is -0.120. The van der Waals surface area contributed by atoms with Gasteiger partial charge >= 0.3 is 0 Å². The lowest BCUT2D eigenvalue weighted by Gasteiger charge is -2.33. The summed E-state index contributed by atoms with van der Waals surface area (Å²) in [4.78, 5) is 10.5. The predicted octanol–water partition coefficient (Wildman–Crippen LogP) is 0.579. The van der Waals surface area contributed by atoms with Gasteiger partial charge in [0.05, 0.1) is 17.6 Å². The molecule has 1 rings (SSSR count). The zero-order chi connectivity index (χ0) is 9.14. The molecule has 0 aromatic heterocycles. The molecule has 0 saturated heterocycles.